The number of benzene rings is 1. The highest BCUT2D eigenvalue weighted by molar-refractivity contribution is 5.36. The molecular formula is C17H28N2O. The van der Waals surface area contributed by atoms with Gasteiger partial charge in [-0.15, -0.1) is 0 Å². The number of rotatable bonds is 7. The van der Waals surface area contributed by atoms with Crippen LogP contribution in [0.5, 0.6) is 5.75 Å². The maximum atomic E-state index is 6.07. The highest BCUT2D eigenvalue weighted by Gasteiger charge is 2.29. The smallest absolute Gasteiger partial charge is 0.124 e. The van der Waals surface area contributed by atoms with E-state index in [1.165, 1.54) is 31.4 Å². The molecule has 1 heterocycles. The Balaban J connectivity index is 2.12. The molecule has 112 valence electrons. The maximum Gasteiger partial charge on any atom is 0.124 e. The summed E-state index contributed by atoms with van der Waals surface area (Å²) in [5.74, 6) is 1.83. The van der Waals surface area contributed by atoms with Crippen LogP contribution in [0.15, 0.2) is 24.3 Å². The average Bonchev–Trinajstić information content (AvgIpc) is 2.91. The lowest BCUT2D eigenvalue weighted by molar-refractivity contribution is 0.231. The lowest BCUT2D eigenvalue weighted by Crippen LogP contribution is -2.32. The number of para-hydroxylation sites is 1. The molecule has 0 bridgehead atoms. The summed E-state index contributed by atoms with van der Waals surface area (Å²) < 4.78 is 5.77. The van der Waals surface area contributed by atoms with E-state index in [2.05, 4.69) is 30.0 Å². The number of ether oxygens (including phenoxy) is 1. The number of hydrogen-bond acceptors (Lipinski definition) is 3. The molecule has 1 aromatic rings. The Kier molecular flexibility index (Phi) is 5.86. The predicted molar refractivity (Wildman–Crippen MR) is 84.0 cm³/mol. The first-order valence-corrected chi connectivity index (χ1v) is 7.95. The van der Waals surface area contributed by atoms with Crippen molar-refractivity contribution in [3.8, 4) is 5.75 Å². The van der Waals surface area contributed by atoms with Gasteiger partial charge in [0.05, 0.1) is 12.6 Å². The van der Waals surface area contributed by atoms with Gasteiger partial charge in [0.2, 0.25) is 0 Å². The highest BCUT2D eigenvalue weighted by atomic mass is 16.5. The first-order chi connectivity index (χ1) is 9.80. The molecule has 2 N–H and O–H groups in total. The third-order valence-corrected chi connectivity index (χ3v) is 4.26. The summed E-state index contributed by atoms with van der Waals surface area (Å²) in [6.07, 6.45) is 3.92. The summed E-state index contributed by atoms with van der Waals surface area (Å²) in [4.78, 5) is 2.54. The van der Waals surface area contributed by atoms with Crippen molar-refractivity contribution >= 4 is 0 Å². The van der Waals surface area contributed by atoms with Gasteiger partial charge in [0.15, 0.2) is 0 Å². The fourth-order valence-electron chi connectivity index (χ4n) is 3.31. The van der Waals surface area contributed by atoms with Gasteiger partial charge >= 0.3 is 0 Å². The van der Waals surface area contributed by atoms with Gasteiger partial charge in [0.25, 0.3) is 0 Å². The van der Waals surface area contributed by atoms with Crippen LogP contribution in [0.4, 0.5) is 0 Å². The minimum Gasteiger partial charge on any atom is -0.494 e. The Labute approximate surface area is 123 Å². The molecule has 1 aliphatic rings. The van der Waals surface area contributed by atoms with E-state index in [0.29, 0.717) is 19.2 Å². The Morgan fingerprint density at radius 2 is 2.15 bits per heavy atom. The van der Waals surface area contributed by atoms with Crippen molar-refractivity contribution < 1.29 is 4.74 Å². The van der Waals surface area contributed by atoms with Crippen molar-refractivity contribution in [3.63, 3.8) is 0 Å². The topological polar surface area (TPSA) is 38.5 Å². The summed E-state index contributed by atoms with van der Waals surface area (Å²) in [5.41, 5.74) is 7.32. The fourth-order valence-corrected chi connectivity index (χ4v) is 3.31. The zero-order valence-electron chi connectivity index (χ0n) is 12.8. The van der Waals surface area contributed by atoms with E-state index in [9.17, 15) is 0 Å². The van der Waals surface area contributed by atoms with E-state index in [1.54, 1.807) is 0 Å². The monoisotopic (exact) mass is 276 g/mol. The van der Waals surface area contributed by atoms with Crippen molar-refractivity contribution in [2.75, 3.05) is 26.2 Å². The molecule has 1 aliphatic heterocycles. The predicted octanol–water partition coefficient (Wildman–Crippen LogP) is 3.21. The van der Waals surface area contributed by atoms with Crippen molar-refractivity contribution in [3.05, 3.63) is 29.8 Å². The van der Waals surface area contributed by atoms with Gasteiger partial charge in [0.1, 0.15) is 5.75 Å². The number of hydrogen-bond donors (Lipinski definition) is 1. The molecule has 20 heavy (non-hydrogen) atoms. The molecule has 1 saturated heterocycles. The van der Waals surface area contributed by atoms with Gasteiger partial charge < -0.3 is 10.5 Å². The molecule has 3 heteroatoms. The summed E-state index contributed by atoms with van der Waals surface area (Å²) in [7, 11) is 0. The Morgan fingerprint density at radius 1 is 1.35 bits per heavy atom. The summed E-state index contributed by atoms with van der Waals surface area (Å²) in [5, 5.41) is 0. The molecule has 1 fully saturated rings. The molecule has 0 spiro atoms. The van der Waals surface area contributed by atoms with E-state index in [-0.39, 0.29) is 0 Å². The largest absolute Gasteiger partial charge is 0.494 e. The number of nitrogens with two attached hydrogens (primary N) is 1. The van der Waals surface area contributed by atoms with Gasteiger partial charge in [0, 0.05) is 18.7 Å². The van der Waals surface area contributed by atoms with Crippen LogP contribution >= 0.6 is 0 Å². The first kappa shape index (κ1) is 15.3. The van der Waals surface area contributed by atoms with Crippen LogP contribution in [0.2, 0.25) is 0 Å². The summed E-state index contributed by atoms with van der Waals surface area (Å²) in [6.45, 7) is 7.99. The van der Waals surface area contributed by atoms with Gasteiger partial charge in [-0.25, -0.2) is 0 Å². The molecular weight excluding hydrogens is 248 g/mol. The van der Waals surface area contributed by atoms with Crippen LogP contribution in [0, 0.1) is 5.92 Å². The average molecular weight is 276 g/mol. The van der Waals surface area contributed by atoms with Crippen molar-refractivity contribution in [2.45, 2.75) is 39.2 Å². The lowest BCUT2D eigenvalue weighted by Gasteiger charge is -2.28. The SMILES string of the molecule is CCCC1CCN(C(CN)c2ccccc2OCC)C1. The fraction of sp³-hybridized carbons (Fsp3) is 0.647. The number of likely N-dealkylation sites (tertiary alicyclic amines) is 1. The Bertz CT molecular complexity index is 408. The molecule has 2 atom stereocenters. The third kappa shape index (κ3) is 3.53. The second-order valence-corrected chi connectivity index (χ2v) is 5.66. The Morgan fingerprint density at radius 3 is 2.85 bits per heavy atom. The minimum atomic E-state index is 0.291. The molecule has 1 aromatic carbocycles. The maximum absolute atomic E-state index is 6.07. The molecule has 0 aliphatic carbocycles. The quantitative estimate of drug-likeness (QED) is 0.831. The summed E-state index contributed by atoms with van der Waals surface area (Å²) in [6, 6.07) is 8.63. The van der Waals surface area contributed by atoms with Gasteiger partial charge in [-0.1, -0.05) is 31.5 Å². The van der Waals surface area contributed by atoms with Crippen molar-refractivity contribution in [1.82, 2.24) is 4.90 Å². The van der Waals surface area contributed by atoms with Crippen LogP contribution in [-0.2, 0) is 0 Å². The van der Waals surface area contributed by atoms with Crippen LogP contribution in [-0.4, -0.2) is 31.1 Å². The lowest BCUT2D eigenvalue weighted by atomic mass is 10.0. The third-order valence-electron chi connectivity index (χ3n) is 4.26. The van der Waals surface area contributed by atoms with E-state index in [1.807, 2.05) is 13.0 Å². The normalized spacial score (nSPS) is 21.1. The van der Waals surface area contributed by atoms with Gasteiger partial charge in [-0.2, -0.15) is 0 Å². The zero-order valence-corrected chi connectivity index (χ0v) is 12.8. The van der Waals surface area contributed by atoms with Crippen LogP contribution in [0.3, 0.4) is 0 Å². The second kappa shape index (κ2) is 7.65. The molecule has 0 saturated carbocycles. The zero-order chi connectivity index (χ0) is 14.4. The molecule has 3 nitrogen and oxygen atoms in total. The second-order valence-electron chi connectivity index (χ2n) is 5.66. The van der Waals surface area contributed by atoms with Crippen LogP contribution in [0.25, 0.3) is 0 Å². The molecule has 0 amide bonds. The minimum absolute atomic E-state index is 0.291. The van der Waals surface area contributed by atoms with Crippen LogP contribution in [0.1, 0.15) is 44.7 Å². The molecule has 2 unspecified atom stereocenters. The van der Waals surface area contributed by atoms with Crippen molar-refractivity contribution in [2.24, 2.45) is 11.7 Å². The molecule has 2 rings (SSSR count). The van der Waals surface area contributed by atoms with Crippen molar-refractivity contribution in [1.29, 1.82) is 0 Å². The highest BCUT2D eigenvalue weighted by Crippen LogP contribution is 2.33. The van der Waals surface area contributed by atoms with Gasteiger partial charge in [-0.05, 0) is 38.3 Å². The first-order valence-electron chi connectivity index (χ1n) is 7.95. The number of nitrogens with zero attached hydrogens (tertiary/aromatic N) is 1. The van der Waals surface area contributed by atoms with E-state index in [4.69, 9.17) is 10.5 Å². The van der Waals surface area contributed by atoms with Crippen LogP contribution < -0.4 is 10.5 Å². The molecule has 0 radical (unpaired) electrons. The summed E-state index contributed by atoms with van der Waals surface area (Å²) >= 11 is 0. The van der Waals surface area contributed by atoms with E-state index in [0.717, 1.165) is 18.2 Å². The van der Waals surface area contributed by atoms with Gasteiger partial charge in [-0.3, -0.25) is 4.90 Å². The standard InChI is InChI=1S/C17H28N2O/c1-3-7-14-10-11-19(13-14)16(12-18)15-8-5-6-9-17(15)20-4-2/h5-6,8-9,14,16H,3-4,7,10-13,18H2,1-2H3. The van der Waals surface area contributed by atoms with E-state index >= 15 is 0 Å². The van der Waals surface area contributed by atoms with E-state index < -0.39 is 0 Å². The Hall–Kier alpha value is -1.06. The molecule has 0 aromatic heterocycles.